The van der Waals surface area contributed by atoms with Crippen LogP contribution in [0, 0.1) is 5.41 Å². The number of piperidine rings is 1. The zero-order valence-corrected chi connectivity index (χ0v) is 11.0. The Bertz CT molecular complexity index is 476. The van der Waals surface area contributed by atoms with E-state index in [1.807, 2.05) is 0 Å². The maximum Gasteiger partial charge on any atom is 0.421 e. The average molecular weight is 286 g/mol. The number of hydrogen-bond donors (Lipinski definition) is 1. The molecule has 1 aliphatic heterocycles. The van der Waals surface area contributed by atoms with Crippen LogP contribution >= 0.6 is 0 Å². The van der Waals surface area contributed by atoms with Crippen LogP contribution in [0.5, 0.6) is 5.75 Å². The van der Waals surface area contributed by atoms with Crippen LogP contribution in [0.1, 0.15) is 31.2 Å². The van der Waals surface area contributed by atoms with Crippen molar-refractivity contribution in [2.24, 2.45) is 5.41 Å². The first-order valence-corrected chi connectivity index (χ1v) is 6.87. The first-order chi connectivity index (χ1) is 9.49. The fourth-order valence-electron chi connectivity index (χ4n) is 3.23. The number of ether oxygens (including phenoxy) is 1. The molecule has 2 heterocycles. The quantitative estimate of drug-likeness (QED) is 0.907. The predicted octanol–water partition coefficient (Wildman–Crippen LogP) is 3.01. The van der Waals surface area contributed by atoms with Crippen LogP contribution in [0.3, 0.4) is 0 Å². The van der Waals surface area contributed by atoms with Crippen molar-refractivity contribution in [1.82, 2.24) is 10.3 Å². The first-order valence-electron chi connectivity index (χ1n) is 6.87. The maximum atomic E-state index is 12.8. The van der Waals surface area contributed by atoms with Gasteiger partial charge in [0.15, 0.2) is 0 Å². The Kier molecular flexibility index (Phi) is 3.36. The van der Waals surface area contributed by atoms with Gasteiger partial charge in [0.05, 0.1) is 6.10 Å². The van der Waals surface area contributed by atoms with E-state index in [1.54, 1.807) is 0 Å². The summed E-state index contributed by atoms with van der Waals surface area (Å²) in [5.74, 6) is -0.0960. The summed E-state index contributed by atoms with van der Waals surface area (Å²) in [6.45, 7) is 1.99. The third-order valence-corrected chi connectivity index (χ3v) is 4.37. The molecule has 1 spiro atoms. The molecule has 1 saturated heterocycles. The molecule has 3 rings (SSSR count). The van der Waals surface area contributed by atoms with Crippen molar-refractivity contribution < 1.29 is 17.9 Å². The van der Waals surface area contributed by atoms with E-state index in [4.69, 9.17) is 4.74 Å². The van der Waals surface area contributed by atoms with Gasteiger partial charge in [-0.2, -0.15) is 13.2 Å². The molecule has 0 amide bonds. The molecular weight excluding hydrogens is 269 g/mol. The van der Waals surface area contributed by atoms with Gasteiger partial charge in [-0.1, -0.05) is 0 Å². The Labute approximate surface area is 115 Å². The highest BCUT2D eigenvalue weighted by Gasteiger charge is 2.46. The van der Waals surface area contributed by atoms with Gasteiger partial charge in [-0.15, -0.1) is 0 Å². The van der Waals surface area contributed by atoms with Gasteiger partial charge in [0.25, 0.3) is 0 Å². The van der Waals surface area contributed by atoms with Crippen molar-refractivity contribution in [3.63, 3.8) is 0 Å². The zero-order chi connectivity index (χ0) is 14.2. The highest BCUT2D eigenvalue weighted by Crippen LogP contribution is 2.50. The lowest BCUT2D eigenvalue weighted by atomic mass is 9.62. The summed E-state index contributed by atoms with van der Waals surface area (Å²) >= 11 is 0. The average Bonchev–Trinajstić information content (AvgIpc) is 2.37. The van der Waals surface area contributed by atoms with Crippen LogP contribution in [-0.2, 0) is 6.18 Å². The zero-order valence-electron chi connectivity index (χ0n) is 11.0. The van der Waals surface area contributed by atoms with E-state index < -0.39 is 11.7 Å². The van der Waals surface area contributed by atoms with E-state index in [-0.39, 0.29) is 11.9 Å². The van der Waals surface area contributed by atoms with Gasteiger partial charge in [-0.3, -0.25) is 4.98 Å². The molecule has 0 bridgehead atoms. The Morgan fingerprint density at radius 3 is 2.60 bits per heavy atom. The standard InChI is InChI=1S/C14H17F3N2O/c15-14(16,17)11-9-19-4-1-12(11)20-10-7-13(8-10)2-5-18-6-3-13/h1,4,9-10,18H,2-3,5-8H2. The molecular formula is C14H17F3N2O. The van der Waals surface area contributed by atoms with Crippen molar-refractivity contribution in [2.75, 3.05) is 13.1 Å². The first kappa shape index (κ1) is 13.7. The van der Waals surface area contributed by atoms with Gasteiger partial charge in [0.2, 0.25) is 0 Å². The number of alkyl halides is 3. The molecule has 1 N–H and O–H groups in total. The monoisotopic (exact) mass is 286 g/mol. The van der Waals surface area contributed by atoms with Gasteiger partial charge in [0.1, 0.15) is 11.3 Å². The molecule has 1 aliphatic carbocycles. The summed E-state index contributed by atoms with van der Waals surface area (Å²) in [7, 11) is 0. The van der Waals surface area contributed by atoms with Crippen molar-refractivity contribution in [3.05, 3.63) is 24.0 Å². The molecule has 20 heavy (non-hydrogen) atoms. The van der Waals surface area contributed by atoms with Gasteiger partial charge >= 0.3 is 6.18 Å². The van der Waals surface area contributed by atoms with Crippen molar-refractivity contribution in [1.29, 1.82) is 0 Å². The Balaban J connectivity index is 1.65. The van der Waals surface area contributed by atoms with Crippen LogP contribution in [0.2, 0.25) is 0 Å². The molecule has 0 radical (unpaired) electrons. The lowest BCUT2D eigenvalue weighted by molar-refractivity contribution is -0.140. The smallest absolute Gasteiger partial charge is 0.421 e. The van der Waals surface area contributed by atoms with Gasteiger partial charge in [-0.05, 0) is 50.3 Å². The molecule has 110 valence electrons. The predicted molar refractivity (Wildman–Crippen MR) is 67.4 cm³/mol. The minimum Gasteiger partial charge on any atom is -0.490 e. The number of aromatic nitrogens is 1. The third-order valence-electron chi connectivity index (χ3n) is 4.37. The summed E-state index contributed by atoms with van der Waals surface area (Å²) < 4.78 is 44.1. The molecule has 2 fully saturated rings. The van der Waals surface area contributed by atoms with Crippen molar-refractivity contribution in [2.45, 2.75) is 38.0 Å². The van der Waals surface area contributed by atoms with Gasteiger partial charge < -0.3 is 10.1 Å². The largest absolute Gasteiger partial charge is 0.490 e. The minimum atomic E-state index is -4.42. The summed E-state index contributed by atoms with van der Waals surface area (Å²) in [6.07, 6.45) is 1.54. The number of nitrogens with zero attached hydrogens (tertiary/aromatic N) is 1. The lowest BCUT2D eigenvalue weighted by Gasteiger charge is -2.50. The molecule has 6 heteroatoms. The van der Waals surface area contributed by atoms with Crippen LogP contribution in [0.25, 0.3) is 0 Å². The molecule has 0 aromatic carbocycles. The van der Waals surface area contributed by atoms with Crippen LogP contribution in [0.4, 0.5) is 13.2 Å². The molecule has 1 aromatic rings. The fourth-order valence-corrected chi connectivity index (χ4v) is 3.23. The molecule has 3 nitrogen and oxygen atoms in total. The summed E-state index contributed by atoms with van der Waals surface area (Å²) in [4.78, 5) is 3.54. The van der Waals surface area contributed by atoms with E-state index in [0.29, 0.717) is 5.41 Å². The number of rotatable bonds is 2. The number of pyridine rings is 1. The van der Waals surface area contributed by atoms with Crippen molar-refractivity contribution >= 4 is 0 Å². The molecule has 0 atom stereocenters. The molecule has 1 saturated carbocycles. The highest BCUT2D eigenvalue weighted by molar-refractivity contribution is 5.33. The minimum absolute atomic E-state index is 0.0960. The second-order valence-electron chi connectivity index (χ2n) is 5.77. The molecule has 2 aliphatic rings. The van der Waals surface area contributed by atoms with Crippen LogP contribution < -0.4 is 10.1 Å². The molecule has 0 unspecified atom stereocenters. The van der Waals surface area contributed by atoms with E-state index in [0.717, 1.165) is 45.0 Å². The number of nitrogens with one attached hydrogen (secondary N) is 1. The van der Waals surface area contributed by atoms with Crippen LogP contribution in [0.15, 0.2) is 18.5 Å². The Morgan fingerprint density at radius 1 is 1.25 bits per heavy atom. The van der Waals surface area contributed by atoms with Gasteiger partial charge in [0, 0.05) is 12.4 Å². The van der Waals surface area contributed by atoms with Gasteiger partial charge in [-0.25, -0.2) is 0 Å². The lowest BCUT2D eigenvalue weighted by Crippen LogP contribution is -2.49. The fraction of sp³-hybridized carbons (Fsp3) is 0.643. The van der Waals surface area contributed by atoms with Crippen LogP contribution in [-0.4, -0.2) is 24.2 Å². The summed E-state index contributed by atoms with van der Waals surface area (Å²) in [6, 6.07) is 1.30. The number of halogens is 3. The van der Waals surface area contributed by atoms with E-state index in [9.17, 15) is 13.2 Å². The Hall–Kier alpha value is -1.30. The highest BCUT2D eigenvalue weighted by atomic mass is 19.4. The summed E-state index contributed by atoms with van der Waals surface area (Å²) in [5.41, 5.74) is -0.493. The van der Waals surface area contributed by atoms with Crippen molar-refractivity contribution in [3.8, 4) is 5.75 Å². The normalized spacial score (nSPS) is 22.6. The number of hydrogen-bond acceptors (Lipinski definition) is 3. The Morgan fingerprint density at radius 2 is 1.95 bits per heavy atom. The second kappa shape index (κ2) is 4.91. The second-order valence-corrected chi connectivity index (χ2v) is 5.77. The SMILES string of the molecule is FC(F)(F)c1cnccc1OC1CC2(CCNCC2)C1. The third kappa shape index (κ3) is 2.61. The molecule has 1 aromatic heterocycles. The topological polar surface area (TPSA) is 34.1 Å². The maximum absolute atomic E-state index is 12.8. The summed E-state index contributed by atoms with van der Waals surface area (Å²) in [5, 5.41) is 3.30. The van der Waals surface area contributed by atoms with E-state index >= 15 is 0 Å². The van der Waals surface area contributed by atoms with E-state index in [1.165, 1.54) is 12.3 Å². The van der Waals surface area contributed by atoms with E-state index in [2.05, 4.69) is 10.3 Å².